The highest BCUT2D eigenvalue weighted by Crippen LogP contribution is 2.34. The molecule has 5 nitrogen and oxygen atoms in total. The van der Waals surface area contributed by atoms with Crippen molar-refractivity contribution < 1.29 is 4.79 Å². The van der Waals surface area contributed by atoms with Gasteiger partial charge in [-0.3, -0.25) is 19.6 Å². The Hall–Kier alpha value is -2.24. The maximum atomic E-state index is 12.7. The number of aromatic nitrogens is 1. The number of rotatable bonds is 3. The van der Waals surface area contributed by atoms with E-state index in [4.69, 9.17) is 0 Å². The van der Waals surface area contributed by atoms with Crippen molar-refractivity contribution >= 4 is 5.91 Å². The first-order valence-electron chi connectivity index (χ1n) is 9.34. The molecule has 0 saturated carbocycles. The van der Waals surface area contributed by atoms with Crippen LogP contribution in [0.4, 0.5) is 0 Å². The number of hydrogen-bond acceptors (Lipinski definition) is 4. The van der Waals surface area contributed by atoms with Gasteiger partial charge in [0.1, 0.15) is 0 Å². The van der Waals surface area contributed by atoms with Gasteiger partial charge in [-0.15, -0.1) is 0 Å². The summed E-state index contributed by atoms with van der Waals surface area (Å²) < 4.78 is 0. The van der Waals surface area contributed by atoms with Crippen LogP contribution in [0.2, 0.25) is 0 Å². The number of carbonyl (C=O) groups is 1. The highest BCUT2D eigenvalue weighted by Gasteiger charge is 2.45. The summed E-state index contributed by atoms with van der Waals surface area (Å²) in [5.74, 6) is 0.159. The Bertz CT molecular complexity index is 741. The summed E-state index contributed by atoms with van der Waals surface area (Å²) in [5.41, 5.74) is 2.09. The fourth-order valence-corrected chi connectivity index (χ4v) is 4.29. The maximum absolute atomic E-state index is 12.7. The number of nitrogens with zero attached hydrogens (tertiary/aromatic N) is 4. The summed E-state index contributed by atoms with van der Waals surface area (Å²) in [6.07, 6.45) is 3.92. The Kier molecular flexibility index (Phi) is 4.74. The van der Waals surface area contributed by atoms with E-state index >= 15 is 0 Å². The van der Waals surface area contributed by atoms with E-state index in [9.17, 15) is 4.79 Å². The van der Waals surface area contributed by atoms with E-state index in [-0.39, 0.29) is 11.4 Å². The molecule has 2 fully saturated rings. The number of piperidine rings is 1. The molecular weight excluding hydrogens is 324 g/mol. The first kappa shape index (κ1) is 17.2. The lowest BCUT2D eigenvalue weighted by Crippen LogP contribution is -2.53. The summed E-state index contributed by atoms with van der Waals surface area (Å²) in [4.78, 5) is 24.1. The highest BCUT2D eigenvalue weighted by atomic mass is 16.2. The van der Waals surface area contributed by atoms with Crippen molar-refractivity contribution in [3.63, 3.8) is 0 Å². The third kappa shape index (κ3) is 3.37. The maximum Gasteiger partial charge on any atom is 0.253 e. The molecule has 26 heavy (non-hydrogen) atoms. The van der Waals surface area contributed by atoms with Crippen molar-refractivity contribution in [2.24, 2.45) is 0 Å². The zero-order valence-corrected chi connectivity index (χ0v) is 15.3. The third-order valence-electron chi connectivity index (χ3n) is 5.85. The van der Waals surface area contributed by atoms with Crippen LogP contribution in [0.25, 0.3) is 0 Å². The van der Waals surface area contributed by atoms with Crippen molar-refractivity contribution in [2.45, 2.75) is 24.9 Å². The molecule has 5 heteroatoms. The van der Waals surface area contributed by atoms with Gasteiger partial charge >= 0.3 is 0 Å². The minimum atomic E-state index is 0.159. The predicted octanol–water partition coefficient (Wildman–Crippen LogP) is 2.46. The van der Waals surface area contributed by atoms with Crippen LogP contribution in [-0.4, -0.2) is 64.5 Å². The Labute approximate surface area is 155 Å². The van der Waals surface area contributed by atoms with E-state index < -0.39 is 0 Å². The average Bonchev–Trinajstić information content (AvgIpc) is 2.98. The van der Waals surface area contributed by atoms with Gasteiger partial charge in [0, 0.05) is 43.5 Å². The Balaban J connectivity index is 1.38. The lowest BCUT2D eigenvalue weighted by Gasteiger charge is -2.43. The van der Waals surface area contributed by atoms with Crippen LogP contribution >= 0.6 is 0 Å². The van der Waals surface area contributed by atoms with Crippen molar-refractivity contribution in [1.29, 1.82) is 0 Å². The molecule has 1 aromatic heterocycles. The second-order valence-electron chi connectivity index (χ2n) is 7.53. The van der Waals surface area contributed by atoms with E-state index in [0.717, 1.165) is 56.9 Å². The van der Waals surface area contributed by atoms with Crippen LogP contribution in [0.3, 0.4) is 0 Å². The number of benzene rings is 1. The van der Waals surface area contributed by atoms with Crippen molar-refractivity contribution in [3.8, 4) is 0 Å². The number of likely N-dealkylation sites (tertiary alicyclic amines) is 1. The zero-order chi connectivity index (χ0) is 18.0. The van der Waals surface area contributed by atoms with E-state index in [0.29, 0.717) is 0 Å². The lowest BCUT2D eigenvalue weighted by atomic mass is 9.87. The van der Waals surface area contributed by atoms with Gasteiger partial charge in [-0.1, -0.05) is 24.3 Å². The van der Waals surface area contributed by atoms with Crippen molar-refractivity contribution in [3.05, 3.63) is 66.0 Å². The van der Waals surface area contributed by atoms with Crippen molar-refractivity contribution in [2.75, 3.05) is 33.4 Å². The van der Waals surface area contributed by atoms with Gasteiger partial charge in [-0.2, -0.15) is 0 Å². The smallest absolute Gasteiger partial charge is 0.253 e. The SMILES string of the molecule is CN1CN(Cc2ccccn2)CC12CCN(C(=O)c1ccccc1)CC2. The van der Waals surface area contributed by atoms with Gasteiger partial charge < -0.3 is 4.90 Å². The summed E-state index contributed by atoms with van der Waals surface area (Å²) in [6, 6.07) is 15.7. The molecule has 3 heterocycles. The first-order valence-corrected chi connectivity index (χ1v) is 9.34. The van der Waals surface area contributed by atoms with Crippen LogP contribution in [0.15, 0.2) is 54.7 Å². The normalized spacial score (nSPS) is 20.6. The molecule has 0 radical (unpaired) electrons. The number of likely N-dealkylation sites (N-methyl/N-ethyl adjacent to an activating group) is 1. The molecule has 2 aliphatic rings. The van der Waals surface area contributed by atoms with Crippen LogP contribution in [-0.2, 0) is 6.54 Å². The predicted molar refractivity (Wildman–Crippen MR) is 102 cm³/mol. The molecule has 2 aliphatic heterocycles. The van der Waals surface area contributed by atoms with Gasteiger partial charge in [0.2, 0.25) is 0 Å². The minimum Gasteiger partial charge on any atom is -0.339 e. The van der Waals surface area contributed by atoms with Crippen LogP contribution in [0, 0.1) is 0 Å². The van der Waals surface area contributed by atoms with E-state index in [1.54, 1.807) is 0 Å². The zero-order valence-electron chi connectivity index (χ0n) is 15.3. The second-order valence-corrected chi connectivity index (χ2v) is 7.53. The summed E-state index contributed by atoms with van der Waals surface area (Å²) in [7, 11) is 2.22. The topological polar surface area (TPSA) is 39.7 Å². The molecule has 0 unspecified atom stereocenters. The van der Waals surface area contributed by atoms with Crippen LogP contribution in [0.5, 0.6) is 0 Å². The van der Waals surface area contributed by atoms with E-state index in [1.807, 2.05) is 53.6 Å². The van der Waals surface area contributed by atoms with Gasteiger partial charge in [0.25, 0.3) is 5.91 Å². The summed E-state index contributed by atoms with van der Waals surface area (Å²) >= 11 is 0. The molecular formula is C21H26N4O. The molecule has 1 aromatic carbocycles. The van der Waals surface area contributed by atoms with Gasteiger partial charge in [0.15, 0.2) is 0 Å². The average molecular weight is 350 g/mol. The Morgan fingerprint density at radius 3 is 2.50 bits per heavy atom. The molecule has 2 aromatic rings. The molecule has 0 aliphatic carbocycles. The van der Waals surface area contributed by atoms with Gasteiger partial charge in [-0.05, 0) is 44.2 Å². The standard InChI is InChI=1S/C21H26N4O/c1-23-17-24(15-19-9-5-6-12-22-19)16-21(23)10-13-25(14-11-21)20(26)18-7-3-2-4-8-18/h2-9,12H,10-11,13-17H2,1H3. The molecule has 0 bridgehead atoms. The Morgan fingerprint density at radius 1 is 1.08 bits per heavy atom. The fraction of sp³-hybridized carbons (Fsp3) is 0.429. The number of hydrogen-bond donors (Lipinski definition) is 0. The molecule has 1 amide bonds. The number of pyridine rings is 1. The molecule has 4 rings (SSSR count). The molecule has 2 saturated heterocycles. The van der Waals surface area contributed by atoms with E-state index in [1.165, 1.54) is 0 Å². The van der Waals surface area contributed by atoms with Gasteiger partial charge in [-0.25, -0.2) is 0 Å². The number of carbonyl (C=O) groups excluding carboxylic acids is 1. The van der Waals surface area contributed by atoms with Gasteiger partial charge in [0.05, 0.1) is 12.4 Å². The summed E-state index contributed by atoms with van der Waals surface area (Å²) in [5, 5.41) is 0. The summed E-state index contributed by atoms with van der Waals surface area (Å²) in [6.45, 7) is 4.56. The van der Waals surface area contributed by atoms with Crippen LogP contribution < -0.4 is 0 Å². The molecule has 136 valence electrons. The highest BCUT2D eigenvalue weighted by molar-refractivity contribution is 5.94. The first-order chi connectivity index (χ1) is 12.7. The monoisotopic (exact) mass is 350 g/mol. The second kappa shape index (κ2) is 7.17. The quantitative estimate of drug-likeness (QED) is 0.853. The third-order valence-corrected chi connectivity index (χ3v) is 5.85. The largest absolute Gasteiger partial charge is 0.339 e. The van der Waals surface area contributed by atoms with E-state index in [2.05, 4.69) is 27.9 Å². The molecule has 0 atom stereocenters. The van der Waals surface area contributed by atoms with Crippen molar-refractivity contribution in [1.82, 2.24) is 19.7 Å². The fourth-order valence-electron chi connectivity index (χ4n) is 4.29. The Morgan fingerprint density at radius 2 is 1.81 bits per heavy atom. The molecule has 0 N–H and O–H groups in total. The number of amides is 1. The molecule has 1 spiro atoms. The minimum absolute atomic E-state index is 0.159. The lowest BCUT2D eigenvalue weighted by molar-refractivity contribution is 0.0524. The van der Waals surface area contributed by atoms with Crippen LogP contribution in [0.1, 0.15) is 28.9 Å².